The molecule has 1 amide bonds. The van der Waals surface area contributed by atoms with Crippen LogP contribution >= 0.6 is 12.6 Å². The lowest BCUT2D eigenvalue weighted by atomic mass is 10.2. The smallest absolute Gasteiger partial charge is 0.290 e. The van der Waals surface area contributed by atoms with Crippen molar-refractivity contribution in [1.29, 1.82) is 0 Å². The van der Waals surface area contributed by atoms with Gasteiger partial charge in [-0.2, -0.15) is 12.6 Å². The molecule has 0 radical (unpaired) electrons. The SMILES string of the molecule is CC(=O)CCCC(=O)NCCS.Nc1ccccc1.O=CO. The van der Waals surface area contributed by atoms with E-state index in [1.807, 2.05) is 30.3 Å². The summed E-state index contributed by atoms with van der Waals surface area (Å²) in [6.07, 6.45) is 1.58. The second-order valence-electron chi connectivity index (χ2n) is 4.15. The third-order valence-corrected chi connectivity index (χ3v) is 2.39. The maximum Gasteiger partial charge on any atom is 0.290 e. The van der Waals surface area contributed by atoms with E-state index < -0.39 is 0 Å². The standard InChI is InChI=1S/C8H15NO2S.C6H7N.CH2O2/c1-7(10)3-2-4-8(11)9-5-6-12;7-6-4-2-1-3-5-6;2-1-3/h12H,2-6H2,1H3,(H,9,11);1-5H,7H2;1H,(H,2,3). The number of ketones is 1. The van der Waals surface area contributed by atoms with Crippen LogP contribution in [0.15, 0.2) is 30.3 Å². The molecule has 0 saturated heterocycles. The van der Waals surface area contributed by atoms with E-state index in [0.29, 0.717) is 31.6 Å². The van der Waals surface area contributed by atoms with E-state index in [4.69, 9.17) is 15.6 Å². The molecule has 0 aliphatic carbocycles. The highest BCUT2D eigenvalue weighted by Crippen LogP contribution is 1.96. The van der Waals surface area contributed by atoms with Crippen LogP contribution in [0.4, 0.5) is 5.69 Å². The molecule has 0 fully saturated rings. The molecule has 0 atom stereocenters. The lowest BCUT2D eigenvalue weighted by Gasteiger charge is -2.01. The van der Waals surface area contributed by atoms with Crippen molar-refractivity contribution in [2.75, 3.05) is 18.0 Å². The summed E-state index contributed by atoms with van der Waals surface area (Å²) in [5, 5.41) is 9.57. The third-order valence-electron chi connectivity index (χ3n) is 2.17. The average molecular weight is 328 g/mol. The monoisotopic (exact) mass is 328 g/mol. The normalized spacial score (nSPS) is 8.45. The van der Waals surface area contributed by atoms with E-state index in [-0.39, 0.29) is 18.2 Å². The van der Waals surface area contributed by atoms with Crippen molar-refractivity contribution < 1.29 is 19.5 Å². The third kappa shape index (κ3) is 20.3. The Bertz CT molecular complexity index is 413. The fourth-order valence-corrected chi connectivity index (χ4v) is 1.35. The van der Waals surface area contributed by atoms with E-state index in [1.54, 1.807) is 0 Å². The fourth-order valence-electron chi connectivity index (χ4n) is 1.23. The molecule has 0 aliphatic rings. The first-order valence-electron chi connectivity index (χ1n) is 6.73. The number of thiol groups is 1. The number of amides is 1. The molecule has 0 spiro atoms. The van der Waals surface area contributed by atoms with E-state index >= 15 is 0 Å². The number of carboxylic acid groups (broad SMARTS) is 1. The van der Waals surface area contributed by atoms with Crippen molar-refractivity contribution in [3.05, 3.63) is 30.3 Å². The molecule has 0 aromatic heterocycles. The largest absolute Gasteiger partial charge is 0.483 e. The van der Waals surface area contributed by atoms with Gasteiger partial charge in [0.25, 0.3) is 6.47 Å². The van der Waals surface area contributed by atoms with Crippen LogP contribution in [-0.2, 0) is 14.4 Å². The van der Waals surface area contributed by atoms with Gasteiger partial charge in [-0.15, -0.1) is 0 Å². The summed E-state index contributed by atoms with van der Waals surface area (Å²) < 4.78 is 0. The zero-order valence-corrected chi connectivity index (χ0v) is 13.6. The summed E-state index contributed by atoms with van der Waals surface area (Å²) in [5.74, 6) is 0.792. The molecular formula is C15H24N2O4S. The quantitative estimate of drug-likeness (QED) is 0.361. The highest BCUT2D eigenvalue weighted by atomic mass is 32.1. The van der Waals surface area contributed by atoms with Gasteiger partial charge >= 0.3 is 0 Å². The highest BCUT2D eigenvalue weighted by Gasteiger charge is 2.00. The van der Waals surface area contributed by atoms with Crippen LogP contribution in [0.3, 0.4) is 0 Å². The number of carbonyl (C=O) groups excluding carboxylic acids is 2. The van der Waals surface area contributed by atoms with Crippen LogP contribution in [0, 0.1) is 0 Å². The van der Waals surface area contributed by atoms with Gasteiger partial charge in [0.05, 0.1) is 0 Å². The Morgan fingerprint density at radius 3 is 2.18 bits per heavy atom. The average Bonchev–Trinajstić information content (AvgIpc) is 2.47. The number of benzene rings is 1. The minimum Gasteiger partial charge on any atom is -0.483 e. The zero-order valence-electron chi connectivity index (χ0n) is 12.7. The number of hydrogen-bond acceptors (Lipinski definition) is 5. The van der Waals surface area contributed by atoms with Gasteiger partial charge in [-0.05, 0) is 25.5 Å². The van der Waals surface area contributed by atoms with E-state index in [9.17, 15) is 9.59 Å². The lowest BCUT2D eigenvalue weighted by Crippen LogP contribution is -2.24. The molecule has 0 bridgehead atoms. The number of hydrogen-bond donors (Lipinski definition) is 4. The number of Topliss-reactive ketones (excluding diaryl/α,β-unsaturated/α-hetero) is 1. The van der Waals surface area contributed by atoms with Crippen LogP contribution in [0.2, 0.25) is 0 Å². The molecule has 0 heterocycles. The Morgan fingerprint density at radius 1 is 1.27 bits per heavy atom. The van der Waals surface area contributed by atoms with Crippen molar-refractivity contribution in [1.82, 2.24) is 5.32 Å². The van der Waals surface area contributed by atoms with Gasteiger partial charge in [0.15, 0.2) is 0 Å². The van der Waals surface area contributed by atoms with Gasteiger partial charge in [0, 0.05) is 30.8 Å². The first kappa shape index (κ1) is 22.3. The number of nitrogen functional groups attached to an aromatic ring is 1. The summed E-state index contributed by atoms with van der Waals surface area (Å²) in [6.45, 7) is 1.88. The molecule has 1 aromatic rings. The first-order valence-corrected chi connectivity index (χ1v) is 7.36. The zero-order chi connectivity index (χ0) is 17.2. The van der Waals surface area contributed by atoms with Crippen LogP contribution < -0.4 is 11.1 Å². The van der Waals surface area contributed by atoms with Gasteiger partial charge in [0.2, 0.25) is 5.91 Å². The molecule has 0 saturated carbocycles. The van der Waals surface area contributed by atoms with Gasteiger partial charge < -0.3 is 21.0 Å². The van der Waals surface area contributed by atoms with E-state index in [2.05, 4.69) is 17.9 Å². The maximum atomic E-state index is 10.9. The Hall–Kier alpha value is -2.02. The van der Waals surface area contributed by atoms with Crippen molar-refractivity contribution in [3.8, 4) is 0 Å². The van der Waals surface area contributed by atoms with Crippen molar-refractivity contribution in [2.24, 2.45) is 0 Å². The second kappa shape index (κ2) is 17.0. The summed E-state index contributed by atoms with van der Waals surface area (Å²) in [4.78, 5) is 29.8. The summed E-state index contributed by atoms with van der Waals surface area (Å²) in [6, 6.07) is 9.49. The van der Waals surface area contributed by atoms with E-state index in [1.165, 1.54) is 6.92 Å². The minimum absolute atomic E-state index is 0.00491. The minimum atomic E-state index is -0.250. The number of nitrogens with one attached hydrogen (secondary N) is 1. The Labute approximate surface area is 136 Å². The Balaban J connectivity index is 0. The summed E-state index contributed by atoms with van der Waals surface area (Å²) in [7, 11) is 0. The first-order chi connectivity index (χ1) is 10.5. The van der Waals surface area contributed by atoms with Crippen LogP contribution in [0.5, 0.6) is 0 Å². The number of nitrogens with two attached hydrogens (primary N) is 1. The molecular weight excluding hydrogens is 304 g/mol. The van der Waals surface area contributed by atoms with Crippen LogP contribution in [-0.4, -0.2) is 35.6 Å². The van der Waals surface area contributed by atoms with Crippen molar-refractivity contribution in [3.63, 3.8) is 0 Å². The predicted octanol–water partition coefficient (Wildman–Crippen LogP) is 1.76. The highest BCUT2D eigenvalue weighted by molar-refractivity contribution is 7.80. The molecule has 124 valence electrons. The number of para-hydroxylation sites is 1. The van der Waals surface area contributed by atoms with Gasteiger partial charge in [-0.25, -0.2) is 0 Å². The van der Waals surface area contributed by atoms with Crippen LogP contribution in [0.1, 0.15) is 26.2 Å². The fraction of sp³-hybridized carbons (Fsp3) is 0.400. The predicted molar refractivity (Wildman–Crippen MR) is 90.9 cm³/mol. The summed E-state index contributed by atoms with van der Waals surface area (Å²) >= 11 is 3.95. The van der Waals surface area contributed by atoms with Gasteiger partial charge in [0.1, 0.15) is 5.78 Å². The number of rotatable bonds is 6. The van der Waals surface area contributed by atoms with Crippen LogP contribution in [0.25, 0.3) is 0 Å². The van der Waals surface area contributed by atoms with Crippen molar-refractivity contribution in [2.45, 2.75) is 26.2 Å². The second-order valence-corrected chi connectivity index (χ2v) is 4.59. The Morgan fingerprint density at radius 2 is 1.82 bits per heavy atom. The van der Waals surface area contributed by atoms with Gasteiger partial charge in [-0.1, -0.05) is 18.2 Å². The Kier molecular flexibility index (Phi) is 17.2. The number of carbonyl (C=O) groups is 3. The van der Waals surface area contributed by atoms with Crippen molar-refractivity contribution >= 4 is 36.5 Å². The summed E-state index contributed by atoms with van der Waals surface area (Å²) in [5.41, 5.74) is 6.18. The van der Waals surface area contributed by atoms with E-state index in [0.717, 1.165) is 5.69 Å². The molecule has 22 heavy (non-hydrogen) atoms. The number of anilines is 1. The lowest BCUT2D eigenvalue weighted by molar-refractivity contribution is -0.123. The molecule has 1 rings (SSSR count). The molecule has 4 N–H and O–H groups in total. The topological polar surface area (TPSA) is 109 Å². The molecule has 1 aromatic carbocycles. The maximum absolute atomic E-state index is 10.9. The molecule has 6 nitrogen and oxygen atoms in total. The molecule has 0 unspecified atom stereocenters. The molecule has 0 aliphatic heterocycles. The molecule has 7 heteroatoms. The van der Waals surface area contributed by atoms with Gasteiger partial charge in [-0.3, -0.25) is 9.59 Å².